The van der Waals surface area contributed by atoms with Gasteiger partial charge in [-0.05, 0) is 6.92 Å². The molecule has 0 radical (unpaired) electrons. The molecule has 0 aliphatic carbocycles. The van der Waals surface area contributed by atoms with E-state index in [0.29, 0.717) is 11.5 Å². The number of allylic oxidation sites excluding steroid dienone is 1. The van der Waals surface area contributed by atoms with Crippen LogP contribution in [0.3, 0.4) is 0 Å². The van der Waals surface area contributed by atoms with Crippen molar-refractivity contribution in [2.75, 3.05) is 5.75 Å². The Morgan fingerprint density at radius 3 is 2.32 bits per heavy atom. The van der Waals surface area contributed by atoms with E-state index >= 15 is 0 Å². The minimum absolute atomic E-state index is 0.0416. The number of halogens is 3. The third-order valence-electron chi connectivity index (χ3n) is 2.55. The Labute approximate surface area is 112 Å². The van der Waals surface area contributed by atoms with E-state index in [4.69, 9.17) is 4.42 Å². The second kappa shape index (κ2) is 6.36. The van der Waals surface area contributed by atoms with Crippen molar-refractivity contribution in [2.45, 2.75) is 38.8 Å². The number of nitrogens with zero attached hydrogens (tertiary/aromatic N) is 1. The number of aryl methyl sites for hydroxylation is 1. The summed E-state index contributed by atoms with van der Waals surface area (Å²) in [6.07, 6.45) is -2.38. The normalized spacial score (nSPS) is 14.5. The fraction of sp³-hybridized carbons (Fsp3) is 0.583. The monoisotopic (exact) mass is 295 g/mol. The number of hydrogen-bond acceptors (Lipinski definition) is 3. The molecule has 0 saturated heterocycles. The maximum Gasteiger partial charge on any atom is 0.301 e. The van der Waals surface area contributed by atoms with E-state index in [-0.39, 0.29) is 16.9 Å². The highest BCUT2D eigenvalue weighted by atomic mass is 32.2. The average molecular weight is 295 g/mol. The summed E-state index contributed by atoms with van der Waals surface area (Å²) in [6.45, 7) is 6.74. The number of oxazole rings is 1. The summed E-state index contributed by atoms with van der Waals surface area (Å²) in [4.78, 5) is 4.00. The fourth-order valence-electron chi connectivity index (χ4n) is 1.57. The van der Waals surface area contributed by atoms with Gasteiger partial charge in [-0.2, -0.15) is 8.78 Å². The zero-order valence-corrected chi connectivity index (χ0v) is 12.0. The lowest BCUT2D eigenvalue weighted by Crippen LogP contribution is -2.09. The van der Waals surface area contributed by atoms with Crippen LogP contribution < -0.4 is 0 Å². The summed E-state index contributed by atoms with van der Waals surface area (Å²) in [5.41, 5.74) is 0.610. The molecule has 0 fully saturated rings. The summed E-state index contributed by atoms with van der Waals surface area (Å²) in [6, 6.07) is 0. The molecule has 1 aromatic rings. The van der Waals surface area contributed by atoms with E-state index in [9.17, 15) is 17.4 Å². The number of hydrogen-bond donors (Lipinski definition) is 0. The quantitative estimate of drug-likeness (QED) is 0.826. The third-order valence-corrected chi connectivity index (χ3v) is 3.91. The Morgan fingerprint density at radius 1 is 1.32 bits per heavy atom. The molecular formula is C12H16F3NO2S. The molecule has 0 spiro atoms. The van der Waals surface area contributed by atoms with E-state index in [0.717, 1.165) is 0 Å². The SMILES string of the molecule is Cc1nc(S(=O)CC(C)C(F)=C(F)F)oc1C(C)C. The van der Waals surface area contributed by atoms with Gasteiger partial charge < -0.3 is 4.42 Å². The molecule has 7 heteroatoms. The van der Waals surface area contributed by atoms with Crippen molar-refractivity contribution >= 4 is 10.8 Å². The predicted molar refractivity (Wildman–Crippen MR) is 66.1 cm³/mol. The van der Waals surface area contributed by atoms with Crippen molar-refractivity contribution in [1.29, 1.82) is 0 Å². The van der Waals surface area contributed by atoms with Crippen molar-refractivity contribution in [3.05, 3.63) is 23.4 Å². The van der Waals surface area contributed by atoms with Gasteiger partial charge in [-0.15, -0.1) is 0 Å². The van der Waals surface area contributed by atoms with E-state index in [1.165, 1.54) is 6.92 Å². The number of aromatic nitrogens is 1. The highest BCUT2D eigenvalue weighted by Gasteiger charge is 2.22. The Bertz CT molecular complexity index is 507. The zero-order chi connectivity index (χ0) is 14.7. The maximum atomic E-state index is 13.0. The molecule has 2 atom stereocenters. The topological polar surface area (TPSA) is 43.1 Å². The molecule has 0 bridgehead atoms. The molecule has 1 heterocycles. The van der Waals surface area contributed by atoms with Crippen LogP contribution in [0.4, 0.5) is 13.2 Å². The lowest BCUT2D eigenvalue weighted by molar-refractivity contribution is 0.352. The molecule has 0 N–H and O–H groups in total. The van der Waals surface area contributed by atoms with Crippen molar-refractivity contribution in [3.63, 3.8) is 0 Å². The van der Waals surface area contributed by atoms with Gasteiger partial charge in [0, 0.05) is 17.6 Å². The molecule has 1 aromatic heterocycles. The van der Waals surface area contributed by atoms with Gasteiger partial charge in [0.2, 0.25) is 0 Å². The van der Waals surface area contributed by atoms with Gasteiger partial charge in [-0.25, -0.2) is 13.6 Å². The summed E-state index contributed by atoms with van der Waals surface area (Å²) < 4.78 is 54.3. The summed E-state index contributed by atoms with van der Waals surface area (Å²) in [7, 11) is -1.74. The van der Waals surface area contributed by atoms with Crippen molar-refractivity contribution < 1.29 is 21.8 Å². The molecule has 19 heavy (non-hydrogen) atoms. The van der Waals surface area contributed by atoms with E-state index in [1.807, 2.05) is 13.8 Å². The third kappa shape index (κ3) is 3.92. The maximum absolute atomic E-state index is 13.0. The van der Waals surface area contributed by atoms with Crippen LogP contribution in [0.25, 0.3) is 0 Å². The van der Waals surface area contributed by atoms with E-state index < -0.39 is 28.6 Å². The molecule has 2 unspecified atom stereocenters. The van der Waals surface area contributed by atoms with Crippen molar-refractivity contribution in [2.24, 2.45) is 5.92 Å². The summed E-state index contributed by atoms with van der Waals surface area (Å²) >= 11 is 0. The van der Waals surface area contributed by atoms with Gasteiger partial charge in [0.25, 0.3) is 5.22 Å². The van der Waals surface area contributed by atoms with Crippen LogP contribution in [0.15, 0.2) is 21.5 Å². The van der Waals surface area contributed by atoms with Crippen molar-refractivity contribution in [1.82, 2.24) is 4.98 Å². The van der Waals surface area contributed by atoms with Gasteiger partial charge in [-0.3, -0.25) is 0 Å². The van der Waals surface area contributed by atoms with Crippen LogP contribution in [0.1, 0.15) is 38.1 Å². The van der Waals surface area contributed by atoms with Gasteiger partial charge in [0.15, 0.2) is 5.83 Å². The Morgan fingerprint density at radius 2 is 1.89 bits per heavy atom. The molecular weight excluding hydrogens is 279 g/mol. The molecule has 0 saturated carbocycles. The van der Waals surface area contributed by atoms with Crippen molar-refractivity contribution in [3.8, 4) is 0 Å². The van der Waals surface area contributed by atoms with Gasteiger partial charge in [0.05, 0.1) is 5.69 Å². The van der Waals surface area contributed by atoms with E-state index in [1.54, 1.807) is 6.92 Å². The Hall–Kier alpha value is -1.11. The van der Waals surface area contributed by atoms with Gasteiger partial charge in [-0.1, -0.05) is 20.8 Å². The lowest BCUT2D eigenvalue weighted by atomic mass is 10.1. The highest BCUT2D eigenvalue weighted by molar-refractivity contribution is 7.84. The molecule has 0 amide bonds. The molecule has 0 aromatic carbocycles. The van der Waals surface area contributed by atoms with Crippen LogP contribution in [-0.4, -0.2) is 14.9 Å². The zero-order valence-electron chi connectivity index (χ0n) is 11.2. The Kier molecular flexibility index (Phi) is 5.34. The molecule has 1 rings (SSSR count). The van der Waals surface area contributed by atoms with Crippen LogP contribution in [0.2, 0.25) is 0 Å². The number of rotatable bonds is 5. The van der Waals surface area contributed by atoms with Crippen LogP contribution >= 0.6 is 0 Å². The summed E-state index contributed by atoms with van der Waals surface area (Å²) in [5.74, 6) is -2.29. The van der Waals surface area contributed by atoms with Gasteiger partial charge >= 0.3 is 6.08 Å². The predicted octanol–water partition coefficient (Wildman–Crippen LogP) is 3.93. The first kappa shape index (κ1) is 15.9. The van der Waals surface area contributed by atoms with Gasteiger partial charge in [0.1, 0.15) is 16.6 Å². The average Bonchev–Trinajstić information content (AvgIpc) is 2.70. The van der Waals surface area contributed by atoms with Crippen LogP contribution in [-0.2, 0) is 10.8 Å². The van der Waals surface area contributed by atoms with E-state index in [2.05, 4.69) is 4.98 Å². The first-order valence-electron chi connectivity index (χ1n) is 5.80. The minimum Gasteiger partial charge on any atom is -0.434 e. The summed E-state index contributed by atoms with van der Waals surface area (Å²) in [5, 5.41) is -0.0416. The standard InChI is InChI=1S/C12H16F3NO2S/c1-6(2)10-8(4)16-12(18-10)19(17)5-7(3)9(13)11(14)15/h6-7H,5H2,1-4H3. The highest BCUT2D eigenvalue weighted by Crippen LogP contribution is 2.24. The largest absolute Gasteiger partial charge is 0.434 e. The smallest absolute Gasteiger partial charge is 0.301 e. The molecule has 108 valence electrons. The Balaban J connectivity index is 2.85. The lowest BCUT2D eigenvalue weighted by Gasteiger charge is -2.05. The second-order valence-electron chi connectivity index (χ2n) is 4.61. The molecule has 0 aliphatic rings. The van der Waals surface area contributed by atoms with Crippen LogP contribution in [0.5, 0.6) is 0 Å². The van der Waals surface area contributed by atoms with Crippen LogP contribution in [0, 0.1) is 12.8 Å². The minimum atomic E-state index is -2.38. The first-order valence-corrected chi connectivity index (χ1v) is 7.12. The molecule has 0 aliphatic heterocycles. The fourth-order valence-corrected chi connectivity index (χ4v) is 2.74. The first-order chi connectivity index (χ1) is 8.73. The second-order valence-corrected chi connectivity index (χ2v) is 5.98. The molecule has 3 nitrogen and oxygen atoms in total.